The van der Waals surface area contributed by atoms with Crippen molar-refractivity contribution in [3.63, 3.8) is 0 Å². The van der Waals surface area contributed by atoms with Crippen LogP contribution in [-0.2, 0) is 36.7 Å². The molecule has 7 rings (SSSR count). The van der Waals surface area contributed by atoms with Crippen LogP contribution in [0.5, 0.6) is 11.5 Å². The quantitative estimate of drug-likeness (QED) is 0.0562. The van der Waals surface area contributed by atoms with Crippen LogP contribution in [0.2, 0.25) is 0 Å². The number of likely N-dealkylation sites (N-methyl/N-ethyl adjacent to an activating group) is 2. The Hall–Kier alpha value is -6.72. The second kappa shape index (κ2) is 24.0. The molecule has 2 amide bonds. The number of ether oxygens (including phenoxy) is 2. The lowest BCUT2D eigenvalue weighted by Crippen LogP contribution is -2.32. The molecule has 3 aromatic carbocycles. The molecule has 0 radical (unpaired) electrons. The molecule has 0 unspecified atom stereocenters. The minimum atomic E-state index is -3.85. The normalized spacial score (nSPS) is 11.2. The van der Waals surface area contributed by atoms with Gasteiger partial charge in [0.1, 0.15) is 38.0 Å². The van der Waals surface area contributed by atoms with Crippen molar-refractivity contribution in [2.24, 2.45) is 0 Å². The van der Waals surface area contributed by atoms with E-state index in [0.29, 0.717) is 49.0 Å². The number of carbonyl (C=O) groups excluding carboxylic acids is 2. The lowest BCUT2D eigenvalue weighted by atomic mass is 10.1. The molecule has 17 heteroatoms. The summed E-state index contributed by atoms with van der Waals surface area (Å²) in [5, 5.41) is 9.28. The Morgan fingerprint density at radius 3 is 1.39 bits per heavy atom. The maximum atomic E-state index is 13.0. The summed E-state index contributed by atoms with van der Waals surface area (Å²) < 4.78 is 56.7. The number of alkyl halides is 1. The molecule has 4 aromatic heterocycles. The molecular formula is C52H65FN8O7S. The Morgan fingerprint density at radius 1 is 0.594 bits per heavy atom. The average molecular weight is 964 g/mol. The van der Waals surface area contributed by atoms with E-state index in [1.54, 1.807) is 55.2 Å². The zero-order chi connectivity index (χ0) is 49.1. The van der Waals surface area contributed by atoms with Gasteiger partial charge in [0.2, 0.25) is 11.8 Å². The molecule has 15 nitrogen and oxygen atoms in total. The number of aryl methyl sites for hydroxylation is 5. The lowest BCUT2D eigenvalue weighted by Gasteiger charge is -2.18. The molecule has 0 spiro atoms. The van der Waals surface area contributed by atoms with Crippen LogP contribution in [0.1, 0.15) is 74.6 Å². The van der Waals surface area contributed by atoms with Crippen molar-refractivity contribution >= 4 is 33.2 Å². The summed E-state index contributed by atoms with van der Waals surface area (Å²) >= 11 is 0. The van der Waals surface area contributed by atoms with E-state index in [4.69, 9.17) is 23.6 Å². The summed E-state index contributed by atoms with van der Waals surface area (Å²) in [7, 11) is -3.85. The molecule has 69 heavy (non-hydrogen) atoms. The fourth-order valence-corrected chi connectivity index (χ4v) is 8.73. The largest absolute Gasteiger partial charge is 0.491 e. The van der Waals surface area contributed by atoms with E-state index < -0.39 is 16.8 Å². The van der Waals surface area contributed by atoms with Gasteiger partial charge in [0.25, 0.3) is 10.1 Å². The molecule has 0 fully saturated rings. The van der Waals surface area contributed by atoms with Gasteiger partial charge in [-0.25, -0.2) is 23.4 Å². The van der Waals surface area contributed by atoms with Crippen LogP contribution in [0, 0.1) is 34.6 Å². The third kappa shape index (κ3) is 12.9. The molecule has 0 saturated heterocycles. The van der Waals surface area contributed by atoms with E-state index in [0.717, 1.165) is 61.9 Å². The maximum absolute atomic E-state index is 13.0. The van der Waals surface area contributed by atoms with Gasteiger partial charge in [0, 0.05) is 37.3 Å². The van der Waals surface area contributed by atoms with E-state index in [1.807, 2.05) is 98.7 Å². The van der Waals surface area contributed by atoms with Gasteiger partial charge in [-0.05, 0) is 146 Å². The van der Waals surface area contributed by atoms with Crippen molar-refractivity contribution in [3.05, 3.63) is 124 Å². The van der Waals surface area contributed by atoms with Crippen molar-refractivity contribution in [3.8, 4) is 34.0 Å². The van der Waals surface area contributed by atoms with Gasteiger partial charge < -0.3 is 19.3 Å². The summed E-state index contributed by atoms with van der Waals surface area (Å²) in [5.41, 5.74) is 10.7. The fourth-order valence-electron chi connectivity index (χ4n) is 7.84. The van der Waals surface area contributed by atoms with Gasteiger partial charge in [0.15, 0.2) is 11.3 Å². The lowest BCUT2D eigenvalue weighted by molar-refractivity contribution is -0.131. The number of benzene rings is 3. The first-order valence-corrected chi connectivity index (χ1v) is 24.3. The molecule has 0 saturated carbocycles. The average Bonchev–Trinajstić information content (AvgIpc) is 3.86. The highest BCUT2D eigenvalue weighted by atomic mass is 32.2. The molecular weight excluding hydrogens is 899 g/mol. The second-order valence-corrected chi connectivity index (χ2v) is 17.8. The van der Waals surface area contributed by atoms with Gasteiger partial charge in [0.05, 0.1) is 51.9 Å². The van der Waals surface area contributed by atoms with Gasteiger partial charge >= 0.3 is 0 Å². The first-order valence-electron chi connectivity index (χ1n) is 22.9. The minimum absolute atomic E-state index is 0. The van der Waals surface area contributed by atoms with Gasteiger partial charge in [-0.2, -0.15) is 18.6 Å². The van der Waals surface area contributed by atoms with Crippen molar-refractivity contribution in [2.45, 2.75) is 87.5 Å². The SMILES string of the molecule is C.CCN(CC)C(=O)Cc1c(-c2ccc(OCCOS(=O)(=O)c3ccc(C)cc3)cc2)nc2c(C)cc(C)nn12.CCN(CC)C(=O)Cc1c(-c2ccc(OCC[18F])cc2)nc2c(C)cc(C)nn12. The minimum Gasteiger partial charge on any atom is -0.491 e. The van der Waals surface area contributed by atoms with Crippen LogP contribution in [0.3, 0.4) is 0 Å². The topological polar surface area (TPSA) is 163 Å². The van der Waals surface area contributed by atoms with Crippen molar-refractivity contribution in [2.75, 3.05) is 52.7 Å². The van der Waals surface area contributed by atoms with Crippen molar-refractivity contribution in [1.82, 2.24) is 39.0 Å². The monoisotopic (exact) mass is 963 g/mol. The maximum Gasteiger partial charge on any atom is 0.297 e. The Bertz CT molecular complexity index is 2950. The standard InChI is InChI=1S/C29H34N4O5S.C22H27FN4O2.CH4/c1-6-32(7-2)27(34)19-26-28(30-29-21(4)18-22(5)31-33(26)29)23-10-12-24(13-11-23)37-16-17-38-39(35,36)25-14-8-20(3)9-15-25;1-5-26(6-2)20(28)14-19-21(17-7-9-18(10-8-17)29-12-11-23)24-22-15(3)13-16(4)25-27(19)22;/h8-15,18H,6-7,16-17,19H2,1-5H3;7-10,13H,5-6,11-12,14H2,1-4H3;1H4/i;23-1;. The zero-order valence-electron chi connectivity index (χ0n) is 40.4. The van der Waals surface area contributed by atoms with Crippen LogP contribution < -0.4 is 9.47 Å². The summed E-state index contributed by atoms with van der Waals surface area (Å²) in [6.07, 6.45) is 0.396. The van der Waals surface area contributed by atoms with Crippen LogP contribution in [0.15, 0.2) is 89.8 Å². The first-order chi connectivity index (χ1) is 32.6. The number of hydrogen-bond donors (Lipinski definition) is 0. The molecule has 0 aliphatic heterocycles. The summed E-state index contributed by atoms with van der Waals surface area (Å²) in [6.45, 7) is 19.6. The molecule has 0 N–H and O–H groups in total. The van der Waals surface area contributed by atoms with E-state index in [1.165, 1.54) is 12.1 Å². The fraction of sp³-hybridized carbons (Fsp3) is 0.385. The number of imidazole rings is 2. The van der Waals surface area contributed by atoms with Crippen LogP contribution in [0.4, 0.5) is 4.39 Å². The number of halogens is 1. The van der Waals surface area contributed by atoms with Gasteiger partial charge in [-0.15, -0.1) is 0 Å². The Kier molecular flexibility index (Phi) is 18.5. The van der Waals surface area contributed by atoms with E-state index >= 15 is 0 Å². The molecule has 0 atom stereocenters. The summed E-state index contributed by atoms with van der Waals surface area (Å²) in [5.74, 6) is 1.22. The van der Waals surface area contributed by atoms with Crippen LogP contribution >= 0.6 is 0 Å². The predicted molar refractivity (Wildman–Crippen MR) is 267 cm³/mol. The Labute approximate surface area is 405 Å². The number of amides is 2. The highest BCUT2D eigenvalue weighted by Crippen LogP contribution is 2.30. The first kappa shape index (κ1) is 53.2. The Morgan fingerprint density at radius 2 is 1.00 bits per heavy atom. The number of fused-ring (bicyclic) bond motifs is 2. The van der Waals surface area contributed by atoms with E-state index in [-0.39, 0.29) is 56.8 Å². The number of nitrogens with zero attached hydrogens (tertiary/aromatic N) is 8. The smallest absolute Gasteiger partial charge is 0.297 e. The third-order valence-electron chi connectivity index (χ3n) is 11.3. The third-order valence-corrected chi connectivity index (χ3v) is 12.7. The summed E-state index contributed by atoms with van der Waals surface area (Å²) in [6, 6.07) is 25.1. The van der Waals surface area contributed by atoms with E-state index in [2.05, 4.69) is 10.2 Å². The molecule has 0 aliphatic carbocycles. The van der Waals surface area contributed by atoms with Crippen molar-refractivity contribution in [1.29, 1.82) is 0 Å². The van der Waals surface area contributed by atoms with Crippen LogP contribution in [0.25, 0.3) is 33.8 Å². The molecule has 7 aromatic rings. The number of rotatable bonds is 19. The molecule has 4 heterocycles. The second-order valence-electron chi connectivity index (χ2n) is 16.2. The Balaban J connectivity index is 0.000000265. The highest BCUT2D eigenvalue weighted by Gasteiger charge is 2.24. The molecule has 0 bridgehead atoms. The van der Waals surface area contributed by atoms with Gasteiger partial charge in [-0.3, -0.25) is 13.8 Å². The molecule has 0 aliphatic rings. The van der Waals surface area contributed by atoms with E-state index in [9.17, 15) is 22.4 Å². The van der Waals surface area contributed by atoms with Gasteiger partial charge in [-0.1, -0.05) is 25.1 Å². The highest BCUT2D eigenvalue weighted by molar-refractivity contribution is 7.86. The number of aromatic nitrogens is 6. The molecule has 368 valence electrons. The zero-order valence-corrected chi connectivity index (χ0v) is 41.2. The summed E-state index contributed by atoms with van der Waals surface area (Å²) in [4.78, 5) is 39.2. The predicted octanol–water partition coefficient (Wildman–Crippen LogP) is 8.93. The van der Waals surface area contributed by atoms with Crippen molar-refractivity contribution < 1.29 is 36.1 Å². The number of carbonyl (C=O) groups is 2. The van der Waals surface area contributed by atoms with Crippen LogP contribution in [-0.4, -0.2) is 112 Å². The number of hydrogen-bond acceptors (Lipinski definition) is 11.